The van der Waals surface area contributed by atoms with Crippen molar-refractivity contribution < 1.29 is 22.7 Å². The SMILES string of the molecule is COC(=O)C1CCC(c2nnc(C3CCC(F)(F)CC3)o2)CC1. The van der Waals surface area contributed by atoms with E-state index in [2.05, 4.69) is 10.2 Å². The fourth-order valence-electron chi connectivity index (χ4n) is 3.61. The molecule has 2 aliphatic carbocycles. The van der Waals surface area contributed by atoms with Gasteiger partial charge in [-0.2, -0.15) is 0 Å². The molecule has 128 valence electrons. The number of carbonyl (C=O) groups is 1. The van der Waals surface area contributed by atoms with Crippen LogP contribution in [0.5, 0.6) is 0 Å². The van der Waals surface area contributed by atoms with E-state index in [1.54, 1.807) is 0 Å². The minimum atomic E-state index is -2.55. The molecule has 2 aliphatic rings. The smallest absolute Gasteiger partial charge is 0.308 e. The van der Waals surface area contributed by atoms with Crippen LogP contribution in [0.1, 0.15) is 75.0 Å². The number of hydrogen-bond acceptors (Lipinski definition) is 5. The molecule has 1 aromatic rings. The number of aromatic nitrogens is 2. The number of carbonyl (C=O) groups excluding carboxylic acids is 1. The molecule has 2 fully saturated rings. The zero-order valence-electron chi connectivity index (χ0n) is 13.3. The maximum absolute atomic E-state index is 13.2. The summed E-state index contributed by atoms with van der Waals surface area (Å²) in [6.07, 6.45) is 3.69. The van der Waals surface area contributed by atoms with Crippen LogP contribution < -0.4 is 0 Å². The first kappa shape index (κ1) is 16.3. The lowest BCUT2D eigenvalue weighted by Gasteiger charge is -2.26. The van der Waals surface area contributed by atoms with E-state index < -0.39 is 5.92 Å². The van der Waals surface area contributed by atoms with Crippen molar-refractivity contribution in [2.75, 3.05) is 7.11 Å². The van der Waals surface area contributed by atoms with E-state index in [9.17, 15) is 13.6 Å². The fourth-order valence-corrected chi connectivity index (χ4v) is 3.61. The van der Waals surface area contributed by atoms with E-state index in [4.69, 9.17) is 9.15 Å². The van der Waals surface area contributed by atoms with Crippen LogP contribution in [0, 0.1) is 5.92 Å². The summed E-state index contributed by atoms with van der Waals surface area (Å²) in [4.78, 5) is 11.5. The lowest BCUT2D eigenvalue weighted by molar-refractivity contribution is -0.146. The van der Waals surface area contributed by atoms with Crippen molar-refractivity contribution >= 4 is 5.97 Å². The molecule has 5 nitrogen and oxygen atoms in total. The number of nitrogens with zero attached hydrogens (tertiary/aromatic N) is 2. The van der Waals surface area contributed by atoms with Gasteiger partial charge < -0.3 is 9.15 Å². The molecule has 0 radical (unpaired) electrons. The summed E-state index contributed by atoms with van der Waals surface area (Å²) in [5.74, 6) is -1.57. The zero-order valence-corrected chi connectivity index (χ0v) is 13.3. The molecule has 0 atom stereocenters. The second-order valence-electron chi connectivity index (χ2n) is 6.68. The van der Waals surface area contributed by atoms with Gasteiger partial charge in [0.25, 0.3) is 0 Å². The first-order valence-corrected chi connectivity index (χ1v) is 8.27. The highest BCUT2D eigenvalue weighted by Crippen LogP contribution is 2.41. The number of ether oxygens (including phenoxy) is 1. The van der Waals surface area contributed by atoms with Crippen LogP contribution in [-0.2, 0) is 9.53 Å². The summed E-state index contributed by atoms with van der Waals surface area (Å²) in [6, 6.07) is 0. The Hall–Kier alpha value is -1.53. The fraction of sp³-hybridized carbons (Fsp3) is 0.812. The summed E-state index contributed by atoms with van der Waals surface area (Å²) < 4.78 is 37.0. The van der Waals surface area contributed by atoms with Gasteiger partial charge in [0.1, 0.15) is 0 Å². The Labute approximate surface area is 133 Å². The average molecular weight is 328 g/mol. The van der Waals surface area contributed by atoms with E-state index in [0.29, 0.717) is 24.6 Å². The molecule has 0 saturated heterocycles. The van der Waals surface area contributed by atoms with Gasteiger partial charge in [-0.3, -0.25) is 4.79 Å². The Morgan fingerprint density at radius 1 is 1.04 bits per heavy atom. The lowest BCUT2D eigenvalue weighted by Crippen LogP contribution is -2.23. The van der Waals surface area contributed by atoms with Crippen LogP contribution in [0.15, 0.2) is 4.42 Å². The molecule has 3 rings (SSSR count). The highest BCUT2D eigenvalue weighted by molar-refractivity contribution is 5.72. The van der Waals surface area contributed by atoms with Crippen LogP contribution in [-0.4, -0.2) is 29.2 Å². The van der Waals surface area contributed by atoms with Gasteiger partial charge >= 0.3 is 5.97 Å². The molecule has 7 heteroatoms. The van der Waals surface area contributed by atoms with Crippen molar-refractivity contribution in [1.82, 2.24) is 10.2 Å². The van der Waals surface area contributed by atoms with Gasteiger partial charge in [-0.05, 0) is 38.5 Å². The highest BCUT2D eigenvalue weighted by Gasteiger charge is 2.38. The lowest BCUT2D eigenvalue weighted by atomic mass is 9.82. The van der Waals surface area contributed by atoms with Crippen LogP contribution in [0.2, 0.25) is 0 Å². The summed E-state index contributed by atoms with van der Waals surface area (Å²) >= 11 is 0. The number of halogens is 2. The van der Waals surface area contributed by atoms with E-state index in [0.717, 1.165) is 25.7 Å². The molecule has 0 aromatic carbocycles. The van der Waals surface area contributed by atoms with E-state index in [1.807, 2.05) is 0 Å². The predicted molar refractivity (Wildman–Crippen MR) is 77.2 cm³/mol. The Balaban J connectivity index is 1.57. The molecule has 0 aliphatic heterocycles. The van der Waals surface area contributed by atoms with Crippen molar-refractivity contribution in [2.24, 2.45) is 5.92 Å². The summed E-state index contributed by atoms with van der Waals surface area (Å²) in [5, 5.41) is 8.20. The first-order chi connectivity index (χ1) is 11.0. The minimum Gasteiger partial charge on any atom is -0.469 e. The van der Waals surface area contributed by atoms with Crippen molar-refractivity contribution in [1.29, 1.82) is 0 Å². The molecule has 0 spiro atoms. The zero-order chi connectivity index (χ0) is 16.4. The van der Waals surface area contributed by atoms with E-state index in [-0.39, 0.29) is 36.6 Å². The predicted octanol–water partition coefficient (Wildman–Crippen LogP) is 3.81. The van der Waals surface area contributed by atoms with Gasteiger partial charge in [-0.1, -0.05) is 0 Å². The molecule has 0 bridgehead atoms. The topological polar surface area (TPSA) is 65.2 Å². The third-order valence-electron chi connectivity index (χ3n) is 5.13. The number of esters is 1. The van der Waals surface area contributed by atoms with Gasteiger partial charge in [-0.15, -0.1) is 10.2 Å². The van der Waals surface area contributed by atoms with Gasteiger partial charge in [0.15, 0.2) is 0 Å². The second kappa shape index (κ2) is 6.53. The normalized spacial score (nSPS) is 28.5. The molecule has 2 saturated carbocycles. The van der Waals surface area contributed by atoms with Crippen LogP contribution >= 0.6 is 0 Å². The Bertz CT molecular complexity index is 543. The van der Waals surface area contributed by atoms with Crippen LogP contribution in [0.25, 0.3) is 0 Å². The molecule has 1 aromatic heterocycles. The monoisotopic (exact) mass is 328 g/mol. The molecule has 0 N–H and O–H groups in total. The summed E-state index contributed by atoms with van der Waals surface area (Å²) in [6.45, 7) is 0. The minimum absolute atomic E-state index is 0.0424. The molecule has 1 heterocycles. The maximum Gasteiger partial charge on any atom is 0.308 e. The third kappa shape index (κ3) is 3.70. The first-order valence-electron chi connectivity index (χ1n) is 8.27. The van der Waals surface area contributed by atoms with E-state index >= 15 is 0 Å². The van der Waals surface area contributed by atoms with Gasteiger partial charge in [0.05, 0.1) is 13.0 Å². The summed E-state index contributed by atoms with van der Waals surface area (Å²) in [7, 11) is 1.41. The summed E-state index contributed by atoms with van der Waals surface area (Å²) in [5.41, 5.74) is 0. The maximum atomic E-state index is 13.2. The second-order valence-corrected chi connectivity index (χ2v) is 6.68. The van der Waals surface area contributed by atoms with Crippen LogP contribution in [0.3, 0.4) is 0 Å². The van der Waals surface area contributed by atoms with Crippen molar-refractivity contribution in [3.8, 4) is 0 Å². The molecule has 0 amide bonds. The Morgan fingerprint density at radius 2 is 1.57 bits per heavy atom. The van der Waals surface area contributed by atoms with Crippen LogP contribution in [0.4, 0.5) is 8.78 Å². The van der Waals surface area contributed by atoms with Crippen molar-refractivity contribution in [3.05, 3.63) is 11.8 Å². The number of methoxy groups -OCH3 is 1. The Kier molecular flexibility index (Phi) is 4.64. The molecule has 0 unspecified atom stereocenters. The van der Waals surface area contributed by atoms with Gasteiger partial charge in [-0.25, -0.2) is 8.78 Å². The standard InChI is InChI=1S/C16H22F2N2O3/c1-22-15(21)12-4-2-10(3-5-12)13-19-20-14(23-13)11-6-8-16(17,18)9-7-11/h10-12H,2-9H2,1H3. The highest BCUT2D eigenvalue weighted by atomic mass is 19.3. The number of rotatable bonds is 3. The van der Waals surface area contributed by atoms with Crippen molar-refractivity contribution in [3.63, 3.8) is 0 Å². The quantitative estimate of drug-likeness (QED) is 0.789. The Morgan fingerprint density at radius 3 is 2.09 bits per heavy atom. The molecule has 23 heavy (non-hydrogen) atoms. The number of hydrogen-bond donors (Lipinski definition) is 0. The molecular formula is C16H22F2N2O3. The largest absolute Gasteiger partial charge is 0.469 e. The van der Waals surface area contributed by atoms with Gasteiger partial charge in [0, 0.05) is 24.7 Å². The third-order valence-corrected chi connectivity index (χ3v) is 5.13. The van der Waals surface area contributed by atoms with Gasteiger partial charge in [0.2, 0.25) is 17.7 Å². The van der Waals surface area contributed by atoms with E-state index in [1.165, 1.54) is 7.11 Å². The molecular weight excluding hydrogens is 306 g/mol. The average Bonchev–Trinajstić information content (AvgIpc) is 3.04. The number of alkyl halides is 2. The van der Waals surface area contributed by atoms with Crippen molar-refractivity contribution in [2.45, 2.75) is 69.1 Å².